The van der Waals surface area contributed by atoms with Crippen molar-refractivity contribution in [2.45, 2.75) is 24.9 Å². The molecule has 2 rings (SSSR count). The highest BCUT2D eigenvalue weighted by atomic mass is 19.3. The molecule has 1 atom stereocenters. The van der Waals surface area contributed by atoms with Gasteiger partial charge in [-0.05, 0) is 12.8 Å². The van der Waals surface area contributed by atoms with Crippen LogP contribution in [0.15, 0.2) is 0 Å². The molecule has 0 aromatic heterocycles. The van der Waals surface area contributed by atoms with E-state index in [0.717, 1.165) is 19.4 Å². The minimum Gasteiger partial charge on any atom is -0.376 e. The van der Waals surface area contributed by atoms with Gasteiger partial charge in [-0.15, -0.1) is 0 Å². The number of hydrogen-bond acceptors (Lipinski definition) is 3. The Morgan fingerprint density at radius 1 is 1.50 bits per heavy atom. The van der Waals surface area contributed by atoms with Gasteiger partial charge in [0, 0.05) is 13.2 Å². The summed E-state index contributed by atoms with van der Waals surface area (Å²) in [6, 6.07) is 0. The van der Waals surface area contributed by atoms with Crippen LogP contribution in [-0.2, 0) is 9.53 Å². The van der Waals surface area contributed by atoms with E-state index in [2.05, 4.69) is 5.32 Å². The molecule has 6 heteroatoms. The zero-order valence-electron chi connectivity index (χ0n) is 9.05. The van der Waals surface area contributed by atoms with E-state index in [1.165, 1.54) is 4.90 Å². The number of alkyl halides is 2. The van der Waals surface area contributed by atoms with Crippen molar-refractivity contribution in [1.82, 2.24) is 10.2 Å². The minimum atomic E-state index is -2.60. The highest BCUT2D eigenvalue weighted by Crippen LogP contribution is 2.25. The smallest absolute Gasteiger partial charge is 0.272 e. The summed E-state index contributed by atoms with van der Waals surface area (Å²) in [6.07, 6.45) is 2.09. The average molecular weight is 234 g/mol. The molecule has 1 unspecified atom stereocenters. The van der Waals surface area contributed by atoms with Crippen molar-refractivity contribution in [1.29, 1.82) is 0 Å². The van der Waals surface area contributed by atoms with Crippen LogP contribution in [0.3, 0.4) is 0 Å². The quantitative estimate of drug-likeness (QED) is 0.757. The zero-order valence-corrected chi connectivity index (χ0v) is 9.05. The molecule has 2 fully saturated rings. The maximum atomic E-state index is 12.5. The molecule has 4 nitrogen and oxygen atoms in total. The summed E-state index contributed by atoms with van der Waals surface area (Å²) in [5.41, 5.74) is 0. The molecule has 1 N–H and O–H groups in total. The molecule has 0 radical (unpaired) electrons. The fourth-order valence-corrected chi connectivity index (χ4v) is 2.01. The normalized spacial score (nSPS) is 28.8. The maximum Gasteiger partial charge on any atom is 0.272 e. The summed E-state index contributed by atoms with van der Waals surface area (Å²) in [4.78, 5) is 12.8. The van der Waals surface area contributed by atoms with Crippen LogP contribution in [-0.4, -0.2) is 55.6 Å². The van der Waals surface area contributed by atoms with Crippen molar-refractivity contribution in [3.8, 4) is 0 Å². The van der Waals surface area contributed by atoms with E-state index in [-0.39, 0.29) is 31.6 Å². The van der Waals surface area contributed by atoms with Crippen LogP contribution in [0.5, 0.6) is 0 Å². The predicted molar refractivity (Wildman–Crippen MR) is 53.4 cm³/mol. The van der Waals surface area contributed by atoms with Gasteiger partial charge in [0.1, 0.15) is 0 Å². The van der Waals surface area contributed by atoms with Gasteiger partial charge in [0.2, 0.25) is 5.91 Å². The molecular weight excluding hydrogens is 218 g/mol. The van der Waals surface area contributed by atoms with Crippen molar-refractivity contribution < 1.29 is 18.3 Å². The Labute approximate surface area is 92.9 Å². The predicted octanol–water partition coefficient (Wildman–Crippen LogP) is 0.232. The molecule has 0 bridgehead atoms. The number of hydrogen-bond donors (Lipinski definition) is 1. The van der Waals surface area contributed by atoms with Crippen molar-refractivity contribution in [2.24, 2.45) is 0 Å². The molecular formula is C10H16F2N2O2. The Bertz CT molecular complexity index is 260. The molecule has 2 heterocycles. The summed E-state index contributed by atoms with van der Waals surface area (Å²) in [7, 11) is 0. The van der Waals surface area contributed by atoms with E-state index in [1.807, 2.05) is 0 Å². The van der Waals surface area contributed by atoms with E-state index < -0.39 is 5.92 Å². The van der Waals surface area contributed by atoms with E-state index in [4.69, 9.17) is 4.74 Å². The SMILES string of the molecule is O=C(CN1CC(F)(F)C1)NCC1CCCO1. The summed E-state index contributed by atoms with van der Waals surface area (Å²) in [5, 5.41) is 2.70. The van der Waals surface area contributed by atoms with Crippen LogP contribution >= 0.6 is 0 Å². The lowest BCUT2D eigenvalue weighted by molar-refractivity contribution is -0.144. The van der Waals surface area contributed by atoms with Crippen LogP contribution in [0.25, 0.3) is 0 Å². The van der Waals surface area contributed by atoms with Gasteiger partial charge < -0.3 is 10.1 Å². The second-order valence-corrected chi connectivity index (χ2v) is 4.44. The number of nitrogens with one attached hydrogen (secondary N) is 1. The van der Waals surface area contributed by atoms with Crippen LogP contribution in [0.1, 0.15) is 12.8 Å². The summed E-state index contributed by atoms with van der Waals surface area (Å²) < 4.78 is 30.3. The number of carbonyl (C=O) groups is 1. The number of likely N-dealkylation sites (tertiary alicyclic amines) is 1. The fourth-order valence-electron chi connectivity index (χ4n) is 2.01. The Balaban J connectivity index is 1.58. The first-order valence-electron chi connectivity index (χ1n) is 5.54. The first-order valence-corrected chi connectivity index (χ1v) is 5.54. The molecule has 0 aromatic carbocycles. The van der Waals surface area contributed by atoms with Crippen LogP contribution in [0, 0.1) is 0 Å². The summed E-state index contributed by atoms with van der Waals surface area (Å²) in [6.45, 7) is 0.685. The number of ether oxygens (including phenoxy) is 1. The van der Waals surface area contributed by atoms with Gasteiger partial charge in [-0.25, -0.2) is 8.78 Å². The molecule has 1 amide bonds. The molecule has 2 aliphatic heterocycles. The minimum absolute atomic E-state index is 0.0578. The standard InChI is InChI=1S/C10H16F2N2O2/c11-10(12)6-14(7-10)5-9(15)13-4-8-2-1-3-16-8/h8H,1-7H2,(H,13,15). The van der Waals surface area contributed by atoms with E-state index in [0.29, 0.717) is 6.54 Å². The first kappa shape index (κ1) is 11.7. The monoisotopic (exact) mass is 234 g/mol. The van der Waals surface area contributed by atoms with Gasteiger partial charge in [0.15, 0.2) is 0 Å². The average Bonchev–Trinajstić information content (AvgIpc) is 2.64. The fraction of sp³-hybridized carbons (Fsp3) is 0.900. The van der Waals surface area contributed by atoms with Gasteiger partial charge in [-0.1, -0.05) is 0 Å². The molecule has 0 saturated carbocycles. The molecule has 92 valence electrons. The van der Waals surface area contributed by atoms with Gasteiger partial charge in [-0.3, -0.25) is 9.69 Å². The molecule has 0 aliphatic carbocycles. The summed E-state index contributed by atoms with van der Waals surface area (Å²) in [5.74, 6) is -2.81. The topological polar surface area (TPSA) is 41.6 Å². The van der Waals surface area contributed by atoms with E-state index >= 15 is 0 Å². The first-order chi connectivity index (χ1) is 7.55. The third kappa shape index (κ3) is 3.12. The Kier molecular flexibility index (Phi) is 3.39. The Hall–Kier alpha value is -0.750. The lowest BCUT2D eigenvalue weighted by Crippen LogP contribution is -2.58. The number of halogens is 2. The van der Waals surface area contributed by atoms with E-state index in [9.17, 15) is 13.6 Å². The van der Waals surface area contributed by atoms with Crippen molar-refractivity contribution in [3.05, 3.63) is 0 Å². The number of carbonyl (C=O) groups excluding carboxylic acids is 1. The van der Waals surface area contributed by atoms with Crippen molar-refractivity contribution >= 4 is 5.91 Å². The van der Waals surface area contributed by atoms with Crippen LogP contribution in [0.4, 0.5) is 8.78 Å². The number of rotatable bonds is 4. The molecule has 16 heavy (non-hydrogen) atoms. The molecule has 2 aliphatic rings. The second kappa shape index (κ2) is 4.63. The van der Waals surface area contributed by atoms with Gasteiger partial charge >= 0.3 is 0 Å². The third-order valence-electron chi connectivity index (χ3n) is 2.83. The lowest BCUT2D eigenvalue weighted by atomic mass is 10.1. The molecule has 2 saturated heterocycles. The molecule has 0 aromatic rings. The largest absolute Gasteiger partial charge is 0.376 e. The number of nitrogens with zero attached hydrogens (tertiary/aromatic N) is 1. The summed E-state index contributed by atoms with van der Waals surface area (Å²) >= 11 is 0. The third-order valence-corrected chi connectivity index (χ3v) is 2.83. The van der Waals surface area contributed by atoms with Crippen LogP contribution < -0.4 is 5.32 Å². The zero-order chi connectivity index (χ0) is 11.6. The van der Waals surface area contributed by atoms with E-state index in [1.54, 1.807) is 0 Å². The number of amides is 1. The van der Waals surface area contributed by atoms with Gasteiger partial charge in [-0.2, -0.15) is 0 Å². The lowest BCUT2D eigenvalue weighted by Gasteiger charge is -2.38. The second-order valence-electron chi connectivity index (χ2n) is 4.44. The van der Waals surface area contributed by atoms with Gasteiger partial charge in [0.25, 0.3) is 5.92 Å². The van der Waals surface area contributed by atoms with Crippen LogP contribution in [0.2, 0.25) is 0 Å². The van der Waals surface area contributed by atoms with Crippen molar-refractivity contribution in [2.75, 3.05) is 32.8 Å². The van der Waals surface area contributed by atoms with Gasteiger partial charge in [0.05, 0.1) is 25.7 Å². The highest BCUT2D eigenvalue weighted by molar-refractivity contribution is 5.78. The highest BCUT2D eigenvalue weighted by Gasteiger charge is 2.44. The Morgan fingerprint density at radius 3 is 2.81 bits per heavy atom. The molecule has 0 spiro atoms. The maximum absolute atomic E-state index is 12.5. The Morgan fingerprint density at radius 2 is 2.25 bits per heavy atom. The van der Waals surface area contributed by atoms with Crippen molar-refractivity contribution in [3.63, 3.8) is 0 Å².